The van der Waals surface area contributed by atoms with Crippen LogP contribution in [0.1, 0.15) is 55.6 Å². The Kier molecular flexibility index (Phi) is 2.59. The highest BCUT2D eigenvalue weighted by Gasteiger charge is 2.23. The van der Waals surface area contributed by atoms with Crippen LogP contribution in [0.25, 0.3) is 0 Å². The number of aryl methyl sites for hydroxylation is 1. The number of hydrogen-bond acceptors (Lipinski definition) is 0. The SMILES string of the molecule is Cc1cccc(C2CCC(=C3CC3)CC2)c1. The Hall–Kier alpha value is -1.04. The van der Waals surface area contributed by atoms with Crippen molar-refractivity contribution in [2.75, 3.05) is 0 Å². The van der Waals surface area contributed by atoms with Crippen molar-refractivity contribution in [2.24, 2.45) is 0 Å². The molecule has 0 heterocycles. The summed E-state index contributed by atoms with van der Waals surface area (Å²) in [5, 5.41) is 0. The molecule has 0 nitrogen and oxygen atoms in total. The van der Waals surface area contributed by atoms with Crippen molar-refractivity contribution < 1.29 is 0 Å². The van der Waals surface area contributed by atoms with Crippen LogP contribution in [0.4, 0.5) is 0 Å². The molecule has 0 unspecified atom stereocenters. The van der Waals surface area contributed by atoms with Gasteiger partial charge < -0.3 is 0 Å². The van der Waals surface area contributed by atoms with Gasteiger partial charge in [-0.15, -0.1) is 0 Å². The summed E-state index contributed by atoms with van der Waals surface area (Å²) in [5.41, 5.74) is 6.58. The molecular formula is C16H20. The van der Waals surface area contributed by atoms with E-state index in [0.717, 1.165) is 5.92 Å². The van der Waals surface area contributed by atoms with E-state index in [4.69, 9.17) is 0 Å². The summed E-state index contributed by atoms with van der Waals surface area (Å²) in [6.07, 6.45) is 8.31. The Morgan fingerprint density at radius 3 is 2.25 bits per heavy atom. The van der Waals surface area contributed by atoms with E-state index >= 15 is 0 Å². The van der Waals surface area contributed by atoms with Gasteiger partial charge in [0.2, 0.25) is 0 Å². The van der Waals surface area contributed by atoms with Crippen molar-refractivity contribution in [1.29, 1.82) is 0 Å². The molecule has 0 bridgehead atoms. The topological polar surface area (TPSA) is 0 Å². The Labute approximate surface area is 98.4 Å². The molecule has 0 heteroatoms. The second kappa shape index (κ2) is 4.08. The average Bonchev–Trinajstić information content (AvgIpc) is 3.13. The highest BCUT2D eigenvalue weighted by molar-refractivity contribution is 5.30. The average molecular weight is 212 g/mol. The molecule has 0 radical (unpaired) electrons. The normalized spacial score (nSPS) is 24.7. The number of allylic oxidation sites excluding steroid dienone is 2. The molecule has 0 spiro atoms. The van der Waals surface area contributed by atoms with E-state index in [1.165, 1.54) is 44.1 Å². The molecule has 1 aromatic rings. The molecule has 0 aliphatic heterocycles. The highest BCUT2D eigenvalue weighted by atomic mass is 14.3. The minimum atomic E-state index is 0.822. The zero-order valence-electron chi connectivity index (χ0n) is 10.1. The summed E-state index contributed by atoms with van der Waals surface area (Å²) >= 11 is 0. The Morgan fingerprint density at radius 2 is 1.62 bits per heavy atom. The first-order valence-corrected chi connectivity index (χ1v) is 6.59. The minimum absolute atomic E-state index is 0.822. The van der Waals surface area contributed by atoms with E-state index in [1.807, 2.05) is 5.57 Å². The van der Waals surface area contributed by atoms with E-state index in [2.05, 4.69) is 31.2 Å². The molecule has 0 aromatic heterocycles. The third-order valence-electron chi connectivity index (χ3n) is 4.10. The molecule has 2 aliphatic carbocycles. The molecule has 0 N–H and O–H groups in total. The lowest BCUT2D eigenvalue weighted by molar-refractivity contribution is 0.515. The first-order chi connectivity index (χ1) is 7.83. The maximum atomic E-state index is 2.37. The fourth-order valence-corrected chi connectivity index (χ4v) is 2.99. The van der Waals surface area contributed by atoms with Gasteiger partial charge >= 0.3 is 0 Å². The molecule has 3 rings (SSSR count). The molecule has 0 amide bonds. The molecule has 0 saturated heterocycles. The van der Waals surface area contributed by atoms with Crippen molar-refractivity contribution in [2.45, 2.75) is 51.4 Å². The van der Waals surface area contributed by atoms with Crippen LogP contribution in [0.2, 0.25) is 0 Å². The zero-order valence-corrected chi connectivity index (χ0v) is 10.1. The fourth-order valence-electron chi connectivity index (χ4n) is 2.99. The van der Waals surface area contributed by atoms with Crippen LogP contribution in [0, 0.1) is 6.92 Å². The molecule has 2 fully saturated rings. The molecule has 2 saturated carbocycles. The lowest BCUT2D eigenvalue weighted by Crippen LogP contribution is -2.06. The van der Waals surface area contributed by atoms with Crippen molar-refractivity contribution in [3.05, 3.63) is 46.5 Å². The van der Waals surface area contributed by atoms with E-state index in [9.17, 15) is 0 Å². The van der Waals surface area contributed by atoms with E-state index in [0.29, 0.717) is 0 Å². The Bertz CT molecular complexity index is 409. The molecule has 0 atom stereocenters. The summed E-state index contributed by atoms with van der Waals surface area (Å²) in [7, 11) is 0. The summed E-state index contributed by atoms with van der Waals surface area (Å²) in [5.74, 6) is 0.822. The van der Waals surface area contributed by atoms with Crippen molar-refractivity contribution >= 4 is 0 Å². The summed E-state index contributed by atoms with van der Waals surface area (Å²) in [4.78, 5) is 0. The van der Waals surface area contributed by atoms with Crippen LogP contribution >= 0.6 is 0 Å². The van der Waals surface area contributed by atoms with E-state index in [1.54, 1.807) is 11.1 Å². The first kappa shape index (κ1) is 10.1. The summed E-state index contributed by atoms with van der Waals surface area (Å²) in [6, 6.07) is 9.09. The standard InChI is InChI=1S/C16H20/c1-12-3-2-4-16(11-12)15-9-7-14(8-10-15)13-5-6-13/h2-4,11,15H,5-10H2,1H3. The van der Waals surface area contributed by atoms with Gasteiger partial charge in [0.05, 0.1) is 0 Å². The van der Waals surface area contributed by atoms with Gasteiger partial charge in [-0.05, 0) is 56.9 Å². The second-order valence-corrected chi connectivity index (χ2v) is 5.40. The van der Waals surface area contributed by atoms with Crippen LogP contribution in [-0.4, -0.2) is 0 Å². The molecule has 2 aliphatic rings. The highest BCUT2D eigenvalue weighted by Crippen LogP contribution is 2.42. The van der Waals surface area contributed by atoms with Crippen LogP contribution < -0.4 is 0 Å². The predicted octanol–water partition coefficient (Wildman–Crippen LogP) is 4.74. The quantitative estimate of drug-likeness (QED) is 0.590. The van der Waals surface area contributed by atoms with E-state index in [-0.39, 0.29) is 0 Å². The number of rotatable bonds is 1. The molecule has 1 aromatic carbocycles. The third kappa shape index (κ3) is 2.07. The lowest BCUT2D eigenvalue weighted by atomic mass is 9.81. The lowest BCUT2D eigenvalue weighted by Gasteiger charge is -2.24. The molecular weight excluding hydrogens is 192 g/mol. The Balaban J connectivity index is 1.71. The van der Waals surface area contributed by atoms with E-state index < -0.39 is 0 Å². The Morgan fingerprint density at radius 1 is 0.938 bits per heavy atom. The fraction of sp³-hybridized carbons (Fsp3) is 0.500. The molecule has 84 valence electrons. The monoisotopic (exact) mass is 212 g/mol. The van der Waals surface area contributed by atoms with Crippen molar-refractivity contribution in [3.8, 4) is 0 Å². The van der Waals surface area contributed by atoms with Crippen LogP contribution in [0.5, 0.6) is 0 Å². The van der Waals surface area contributed by atoms with Gasteiger partial charge in [-0.25, -0.2) is 0 Å². The predicted molar refractivity (Wildman–Crippen MR) is 68.6 cm³/mol. The van der Waals surface area contributed by atoms with Crippen LogP contribution in [-0.2, 0) is 0 Å². The van der Waals surface area contributed by atoms with Gasteiger partial charge in [0.15, 0.2) is 0 Å². The van der Waals surface area contributed by atoms with Gasteiger partial charge in [-0.3, -0.25) is 0 Å². The van der Waals surface area contributed by atoms with Gasteiger partial charge in [0.25, 0.3) is 0 Å². The van der Waals surface area contributed by atoms with Crippen LogP contribution in [0.3, 0.4) is 0 Å². The smallest absolute Gasteiger partial charge is 0.0156 e. The zero-order chi connectivity index (χ0) is 11.0. The summed E-state index contributed by atoms with van der Waals surface area (Å²) in [6.45, 7) is 2.20. The maximum Gasteiger partial charge on any atom is -0.0156 e. The second-order valence-electron chi connectivity index (χ2n) is 5.40. The largest absolute Gasteiger partial charge is 0.0709 e. The minimum Gasteiger partial charge on any atom is -0.0709 e. The molecule has 16 heavy (non-hydrogen) atoms. The van der Waals surface area contributed by atoms with Crippen LogP contribution in [0.15, 0.2) is 35.4 Å². The number of benzene rings is 1. The van der Waals surface area contributed by atoms with Gasteiger partial charge in [0.1, 0.15) is 0 Å². The third-order valence-corrected chi connectivity index (χ3v) is 4.10. The number of hydrogen-bond donors (Lipinski definition) is 0. The maximum absolute atomic E-state index is 2.37. The van der Waals surface area contributed by atoms with Crippen molar-refractivity contribution in [1.82, 2.24) is 0 Å². The first-order valence-electron chi connectivity index (χ1n) is 6.59. The van der Waals surface area contributed by atoms with Crippen molar-refractivity contribution in [3.63, 3.8) is 0 Å². The van der Waals surface area contributed by atoms with Gasteiger partial charge in [0, 0.05) is 0 Å². The summed E-state index contributed by atoms with van der Waals surface area (Å²) < 4.78 is 0. The van der Waals surface area contributed by atoms with Gasteiger partial charge in [-0.1, -0.05) is 41.0 Å². The van der Waals surface area contributed by atoms with Gasteiger partial charge in [-0.2, -0.15) is 0 Å².